The summed E-state index contributed by atoms with van der Waals surface area (Å²) >= 11 is 0. The number of carbonyl (C=O) groups excluding carboxylic acids is 3. The van der Waals surface area contributed by atoms with Gasteiger partial charge in [-0.15, -0.1) is 0 Å². The molecule has 1 aliphatic heterocycles. The van der Waals surface area contributed by atoms with Crippen LogP contribution in [0, 0.1) is 12.8 Å². The lowest BCUT2D eigenvalue weighted by molar-refractivity contribution is -0.118. The van der Waals surface area contributed by atoms with Crippen molar-refractivity contribution in [2.45, 2.75) is 26.8 Å². The number of anilines is 1. The number of hydrogen-bond donors (Lipinski definition) is 2. The molecule has 1 aliphatic rings. The summed E-state index contributed by atoms with van der Waals surface area (Å²) in [6.07, 6.45) is 0. The molecule has 7 nitrogen and oxygen atoms in total. The third-order valence-corrected chi connectivity index (χ3v) is 5.22. The first-order valence-corrected chi connectivity index (χ1v) is 10.5. The van der Waals surface area contributed by atoms with Crippen LogP contribution in [0.4, 0.5) is 5.69 Å². The van der Waals surface area contributed by atoms with Crippen molar-refractivity contribution in [2.75, 3.05) is 31.6 Å². The standard InChI is InChI=1S/C24H29N3O4/c1-16(2)21(26-22(28)18-9-7-17(3)8-10-18)23(29)25-20-6-4-5-19(15-20)24(30)27-11-13-31-14-12-27/h4-10,15-16,21H,11-14H2,1-3H3,(H,25,29)(H,26,28). The van der Waals surface area contributed by atoms with Crippen LogP contribution >= 0.6 is 0 Å². The third kappa shape index (κ3) is 5.92. The lowest BCUT2D eigenvalue weighted by atomic mass is 10.0. The van der Waals surface area contributed by atoms with E-state index in [1.54, 1.807) is 41.3 Å². The Morgan fingerprint density at radius 2 is 1.65 bits per heavy atom. The van der Waals surface area contributed by atoms with Gasteiger partial charge in [-0.05, 0) is 43.2 Å². The lowest BCUT2D eigenvalue weighted by Crippen LogP contribution is -2.47. The predicted octanol–water partition coefficient (Wildman–Crippen LogP) is 2.86. The van der Waals surface area contributed by atoms with Crippen molar-refractivity contribution >= 4 is 23.4 Å². The average molecular weight is 424 g/mol. The number of hydrogen-bond acceptors (Lipinski definition) is 4. The Labute approximate surface area is 182 Å². The minimum absolute atomic E-state index is 0.0903. The molecule has 31 heavy (non-hydrogen) atoms. The first kappa shape index (κ1) is 22.5. The molecule has 2 N–H and O–H groups in total. The summed E-state index contributed by atoms with van der Waals surface area (Å²) in [4.78, 5) is 40.0. The smallest absolute Gasteiger partial charge is 0.254 e. The van der Waals surface area contributed by atoms with E-state index in [4.69, 9.17) is 4.74 Å². The van der Waals surface area contributed by atoms with Crippen molar-refractivity contribution < 1.29 is 19.1 Å². The minimum atomic E-state index is -0.715. The fraction of sp³-hybridized carbons (Fsp3) is 0.375. The third-order valence-electron chi connectivity index (χ3n) is 5.22. The highest BCUT2D eigenvalue weighted by atomic mass is 16.5. The molecule has 1 atom stereocenters. The second kappa shape index (κ2) is 10.2. The molecule has 1 saturated heterocycles. The highest BCUT2D eigenvalue weighted by molar-refractivity contribution is 6.02. The maximum atomic E-state index is 12.9. The molecule has 0 bridgehead atoms. The first-order valence-electron chi connectivity index (χ1n) is 10.5. The van der Waals surface area contributed by atoms with E-state index in [0.29, 0.717) is 43.1 Å². The van der Waals surface area contributed by atoms with Crippen LogP contribution in [0.25, 0.3) is 0 Å². The fourth-order valence-corrected chi connectivity index (χ4v) is 3.36. The Hall–Kier alpha value is -3.19. The van der Waals surface area contributed by atoms with Crippen molar-refractivity contribution in [1.82, 2.24) is 10.2 Å². The van der Waals surface area contributed by atoms with Gasteiger partial charge in [0, 0.05) is 29.9 Å². The predicted molar refractivity (Wildman–Crippen MR) is 119 cm³/mol. The van der Waals surface area contributed by atoms with Gasteiger partial charge in [-0.2, -0.15) is 0 Å². The quantitative estimate of drug-likeness (QED) is 0.748. The maximum absolute atomic E-state index is 12.9. The van der Waals surface area contributed by atoms with Crippen molar-refractivity contribution in [3.8, 4) is 0 Å². The Kier molecular flexibility index (Phi) is 7.41. The molecule has 0 aromatic heterocycles. The molecule has 7 heteroatoms. The summed E-state index contributed by atoms with van der Waals surface area (Å²) in [5, 5.41) is 5.66. The molecule has 1 heterocycles. The van der Waals surface area contributed by atoms with Crippen LogP contribution < -0.4 is 10.6 Å². The van der Waals surface area contributed by atoms with Crippen LogP contribution in [0.3, 0.4) is 0 Å². The topological polar surface area (TPSA) is 87.7 Å². The number of amides is 3. The van der Waals surface area contributed by atoms with Crippen LogP contribution in [-0.2, 0) is 9.53 Å². The largest absolute Gasteiger partial charge is 0.378 e. The van der Waals surface area contributed by atoms with Gasteiger partial charge in [0.05, 0.1) is 13.2 Å². The van der Waals surface area contributed by atoms with Gasteiger partial charge in [-0.3, -0.25) is 14.4 Å². The molecule has 164 valence electrons. The fourth-order valence-electron chi connectivity index (χ4n) is 3.36. The Morgan fingerprint density at radius 3 is 2.29 bits per heavy atom. The molecule has 3 rings (SSSR count). The maximum Gasteiger partial charge on any atom is 0.254 e. The summed E-state index contributed by atoms with van der Waals surface area (Å²) < 4.78 is 5.29. The number of carbonyl (C=O) groups is 3. The molecule has 3 amide bonds. The molecular formula is C24H29N3O4. The second-order valence-electron chi connectivity index (χ2n) is 8.04. The van der Waals surface area contributed by atoms with E-state index in [1.807, 2.05) is 32.9 Å². The van der Waals surface area contributed by atoms with E-state index < -0.39 is 6.04 Å². The van der Waals surface area contributed by atoms with Crippen molar-refractivity contribution in [3.63, 3.8) is 0 Å². The van der Waals surface area contributed by atoms with Gasteiger partial charge in [0.25, 0.3) is 11.8 Å². The number of ether oxygens (including phenoxy) is 1. The summed E-state index contributed by atoms with van der Waals surface area (Å²) in [7, 11) is 0. The Balaban J connectivity index is 1.68. The number of morpholine rings is 1. The normalized spacial score (nSPS) is 14.8. The SMILES string of the molecule is Cc1ccc(C(=O)NC(C(=O)Nc2cccc(C(=O)N3CCOCC3)c2)C(C)C)cc1. The molecular weight excluding hydrogens is 394 g/mol. The average Bonchev–Trinajstić information content (AvgIpc) is 2.77. The van der Waals surface area contributed by atoms with Crippen LogP contribution in [0.1, 0.15) is 40.1 Å². The zero-order chi connectivity index (χ0) is 22.4. The monoisotopic (exact) mass is 423 g/mol. The number of aryl methyl sites for hydroxylation is 1. The molecule has 1 unspecified atom stereocenters. The number of rotatable bonds is 6. The Bertz CT molecular complexity index is 934. The highest BCUT2D eigenvalue weighted by Crippen LogP contribution is 2.16. The molecule has 0 spiro atoms. The van der Waals surface area contributed by atoms with Crippen LogP contribution in [0.15, 0.2) is 48.5 Å². The molecule has 2 aromatic carbocycles. The second-order valence-corrected chi connectivity index (χ2v) is 8.04. The summed E-state index contributed by atoms with van der Waals surface area (Å²) in [6.45, 7) is 7.85. The van der Waals surface area contributed by atoms with Crippen LogP contribution in [0.2, 0.25) is 0 Å². The van der Waals surface area contributed by atoms with Gasteiger partial charge in [0.1, 0.15) is 6.04 Å². The van der Waals surface area contributed by atoms with E-state index in [2.05, 4.69) is 10.6 Å². The molecule has 0 saturated carbocycles. The van der Waals surface area contributed by atoms with Crippen LogP contribution in [0.5, 0.6) is 0 Å². The number of nitrogens with one attached hydrogen (secondary N) is 2. The molecule has 2 aromatic rings. The van der Waals surface area contributed by atoms with Gasteiger partial charge < -0.3 is 20.3 Å². The summed E-state index contributed by atoms with van der Waals surface area (Å²) in [6, 6.07) is 13.3. The lowest BCUT2D eigenvalue weighted by Gasteiger charge is -2.27. The van der Waals surface area contributed by atoms with E-state index in [-0.39, 0.29) is 23.6 Å². The van der Waals surface area contributed by atoms with E-state index in [9.17, 15) is 14.4 Å². The van der Waals surface area contributed by atoms with Gasteiger partial charge in [-0.1, -0.05) is 37.6 Å². The summed E-state index contributed by atoms with van der Waals surface area (Å²) in [5.41, 5.74) is 2.58. The van der Waals surface area contributed by atoms with E-state index in [0.717, 1.165) is 5.56 Å². The van der Waals surface area contributed by atoms with Gasteiger partial charge >= 0.3 is 0 Å². The molecule has 0 radical (unpaired) electrons. The van der Waals surface area contributed by atoms with Crippen LogP contribution in [-0.4, -0.2) is 55.0 Å². The zero-order valence-corrected chi connectivity index (χ0v) is 18.2. The summed E-state index contributed by atoms with van der Waals surface area (Å²) in [5.74, 6) is -0.837. The van der Waals surface area contributed by atoms with E-state index in [1.165, 1.54) is 0 Å². The van der Waals surface area contributed by atoms with Crippen molar-refractivity contribution in [2.24, 2.45) is 5.92 Å². The van der Waals surface area contributed by atoms with Crippen molar-refractivity contribution in [1.29, 1.82) is 0 Å². The molecule has 0 aliphatic carbocycles. The first-order chi connectivity index (χ1) is 14.8. The van der Waals surface area contributed by atoms with E-state index >= 15 is 0 Å². The minimum Gasteiger partial charge on any atom is -0.378 e. The number of benzene rings is 2. The zero-order valence-electron chi connectivity index (χ0n) is 18.2. The van der Waals surface area contributed by atoms with Gasteiger partial charge in [0.2, 0.25) is 5.91 Å². The Morgan fingerprint density at radius 1 is 0.968 bits per heavy atom. The van der Waals surface area contributed by atoms with Crippen molar-refractivity contribution in [3.05, 3.63) is 65.2 Å². The number of nitrogens with zero attached hydrogens (tertiary/aromatic N) is 1. The highest BCUT2D eigenvalue weighted by Gasteiger charge is 2.25. The van der Waals surface area contributed by atoms with Gasteiger partial charge in [0.15, 0.2) is 0 Å². The molecule has 1 fully saturated rings. The van der Waals surface area contributed by atoms with Gasteiger partial charge in [-0.25, -0.2) is 0 Å².